The van der Waals surface area contributed by atoms with Gasteiger partial charge in [0.05, 0.1) is 0 Å². The number of nitrogens with two attached hydrogens (primary N) is 1. The van der Waals surface area contributed by atoms with Crippen molar-refractivity contribution < 1.29 is 9.53 Å². The van der Waals surface area contributed by atoms with E-state index in [4.69, 9.17) is 22.7 Å². The Hall–Kier alpha value is -1.43. The van der Waals surface area contributed by atoms with Gasteiger partial charge in [0, 0.05) is 19.3 Å². The molecule has 0 aliphatic carbocycles. The predicted octanol–water partition coefficient (Wildman–Crippen LogP) is 2.69. The number of amides is 1. The number of piperidine rings is 1. The van der Waals surface area contributed by atoms with Crippen molar-refractivity contribution in [3.8, 4) is 0 Å². The zero-order valence-electron chi connectivity index (χ0n) is 13.5. The van der Waals surface area contributed by atoms with Gasteiger partial charge in [0.1, 0.15) is 16.1 Å². The molecule has 1 unspecified atom stereocenters. The summed E-state index contributed by atoms with van der Waals surface area (Å²) in [6, 6.07) is 0. The molecule has 0 aromatic rings. The Kier molecular flexibility index (Phi) is 4.90. The summed E-state index contributed by atoms with van der Waals surface area (Å²) in [5.74, 6) is 0.458. The standard InChI is InChI=1S/C16H25N3O2S/c1-15(2,3)21-14(20)19-9-5-12(6-10-19)11-16(13(17)22)7-4-8-18-16/h4,7-8,12H,5-6,9-11H2,1-3H3,(H2,17,22). The molecule has 2 rings (SSSR count). The highest BCUT2D eigenvalue weighted by Gasteiger charge is 2.36. The van der Waals surface area contributed by atoms with E-state index in [0.29, 0.717) is 24.0 Å². The number of nitrogens with zero attached hydrogens (tertiary/aromatic N) is 2. The number of hydrogen-bond acceptors (Lipinski definition) is 4. The molecule has 2 aliphatic heterocycles. The van der Waals surface area contributed by atoms with Crippen molar-refractivity contribution in [2.24, 2.45) is 16.6 Å². The van der Waals surface area contributed by atoms with E-state index in [0.717, 1.165) is 19.3 Å². The van der Waals surface area contributed by atoms with Crippen LogP contribution >= 0.6 is 12.2 Å². The molecule has 2 aliphatic rings. The van der Waals surface area contributed by atoms with Gasteiger partial charge in [-0.15, -0.1) is 0 Å². The number of aliphatic imine (C=N–C) groups is 1. The third-order valence-corrected chi connectivity index (χ3v) is 4.41. The molecule has 0 spiro atoms. The van der Waals surface area contributed by atoms with Crippen LogP contribution in [-0.4, -0.2) is 46.4 Å². The summed E-state index contributed by atoms with van der Waals surface area (Å²) >= 11 is 5.19. The van der Waals surface area contributed by atoms with E-state index in [1.54, 1.807) is 11.1 Å². The van der Waals surface area contributed by atoms with Gasteiger partial charge in [0.15, 0.2) is 0 Å². The van der Waals surface area contributed by atoms with Crippen LogP contribution in [0.25, 0.3) is 0 Å². The van der Waals surface area contributed by atoms with Gasteiger partial charge in [0.2, 0.25) is 0 Å². The van der Waals surface area contributed by atoms with Gasteiger partial charge in [-0.25, -0.2) is 4.79 Å². The molecule has 0 aromatic carbocycles. The van der Waals surface area contributed by atoms with Gasteiger partial charge in [-0.05, 0) is 58.1 Å². The van der Waals surface area contributed by atoms with Crippen molar-refractivity contribution in [2.75, 3.05) is 13.1 Å². The smallest absolute Gasteiger partial charge is 0.410 e. The first kappa shape index (κ1) is 16.9. The Morgan fingerprint density at radius 3 is 2.55 bits per heavy atom. The lowest BCUT2D eigenvalue weighted by molar-refractivity contribution is 0.0179. The lowest BCUT2D eigenvalue weighted by atomic mass is 9.83. The molecule has 22 heavy (non-hydrogen) atoms. The molecular weight excluding hydrogens is 298 g/mol. The summed E-state index contributed by atoms with van der Waals surface area (Å²) in [6.07, 6.45) is 8.07. The third-order valence-electron chi connectivity index (χ3n) is 4.06. The summed E-state index contributed by atoms with van der Waals surface area (Å²) in [5.41, 5.74) is 4.91. The van der Waals surface area contributed by atoms with Crippen LogP contribution < -0.4 is 5.73 Å². The lowest BCUT2D eigenvalue weighted by Gasteiger charge is -2.36. The Morgan fingerprint density at radius 2 is 2.09 bits per heavy atom. The Balaban J connectivity index is 1.87. The number of ether oxygens (including phenoxy) is 1. The molecule has 1 amide bonds. The number of rotatable bonds is 3. The topological polar surface area (TPSA) is 67.9 Å². The fourth-order valence-electron chi connectivity index (χ4n) is 2.87. The van der Waals surface area contributed by atoms with E-state index in [9.17, 15) is 4.79 Å². The minimum absolute atomic E-state index is 0.228. The second-order valence-corrected chi connectivity index (χ2v) is 7.48. The average molecular weight is 323 g/mol. The van der Waals surface area contributed by atoms with Crippen LogP contribution in [0.15, 0.2) is 17.1 Å². The number of carbonyl (C=O) groups excluding carboxylic acids is 1. The monoisotopic (exact) mass is 323 g/mol. The van der Waals surface area contributed by atoms with Crippen molar-refractivity contribution in [3.63, 3.8) is 0 Å². The number of allylic oxidation sites excluding steroid dienone is 1. The molecule has 1 saturated heterocycles. The molecule has 0 radical (unpaired) electrons. The van der Waals surface area contributed by atoms with Crippen LogP contribution in [0.3, 0.4) is 0 Å². The zero-order chi connectivity index (χ0) is 16.4. The number of likely N-dealkylation sites (tertiary alicyclic amines) is 1. The van der Waals surface area contributed by atoms with Gasteiger partial charge in [-0.2, -0.15) is 0 Å². The highest BCUT2D eigenvalue weighted by Crippen LogP contribution is 2.32. The van der Waals surface area contributed by atoms with E-state index in [1.165, 1.54) is 0 Å². The minimum Gasteiger partial charge on any atom is -0.444 e. The fourth-order valence-corrected chi connectivity index (χ4v) is 3.08. The first-order valence-corrected chi connectivity index (χ1v) is 8.13. The van der Waals surface area contributed by atoms with Crippen molar-refractivity contribution in [3.05, 3.63) is 12.2 Å². The first-order chi connectivity index (χ1) is 10.2. The number of hydrogen-bond donors (Lipinski definition) is 1. The molecule has 1 fully saturated rings. The largest absolute Gasteiger partial charge is 0.444 e. The molecule has 1 atom stereocenters. The summed E-state index contributed by atoms with van der Waals surface area (Å²) in [5, 5.41) is 0. The maximum atomic E-state index is 12.1. The molecule has 0 saturated carbocycles. The molecule has 122 valence electrons. The maximum Gasteiger partial charge on any atom is 0.410 e. The Bertz CT molecular complexity index is 488. The van der Waals surface area contributed by atoms with Gasteiger partial charge < -0.3 is 15.4 Å². The SMILES string of the molecule is CC(C)(C)OC(=O)N1CCC(CC2(C(N)=S)C=CC=N2)CC1. The first-order valence-electron chi connectivity index (χ1n) is 7.73. The minimum atomic E-state index is -0.520. The lowest BCUT2D eigenvalue weighted by Crippen LogP contribution is -2.45. The van der Waals surface area contributed by atoms with E-state index >= 15 is 0 Å². The third kappa shape index (κ3) is 4.06. The molecule has 2 heterocycles. The molecule has 2 N–H and O–H groups in total. The van der Waals surface area contributed by atoms with E-state index in [-0.39, 0.29) is 6.09 Å². The fraction of sp³-hybridized carbons (Fsp3) is 0.688. The second-order valence-electron chi connectivity index (χ2n) is 7.04. The molecular formula is C16H25N3O2S. The molecule has 5 nitrogen and oxygen atoms in total. The number of carbonyl (C=O) groups is 1. The highest BCUT2D eigenvalue weighted by molar-refractivity contribution is 7.80. The second kappa shape index (κ2) is 6.36. The van der Waals surface area contributed by atoms with Crippen LogP contribution in [0.1, 0.15) is 40.0 Å². The average Bonchev–Trinajstić information content (AvgIpc) is 2.87. The quantitative estimate of drug-likeness (QED) is 0.811. The van der Waals surface area contributed by atoms with Crippen LogP contribution in [-0.2, 0) is 4.74 Å². The van der Waals surface area contributed by atoms with Crippen molar-refractivity contribution in [2.45, 2.75) is 51.2 Å². The normalized spacial score (nSPS) is 25.5. The Morgan fingerprint density at radius 1 is 1.45 bits per heavy atom. The summed E-state index contributed by atoms with van der Waals surface area (Å²) in [6.45, 7) is 7.07. The van der Waals surface area contributed by atoms with Gasteiger partial charge >= 0.3 is 6.09 Å². The summed E-state index contributed by atoms with van der Waals surface area (Å²) < 4.78 is 5.42. The Labute approximate surface area is 137 Å². The summed E-state index contributed by atoms with van der Waals surface area (Å²) in [7, 11) is 0. The van der Waals surface area contributed by atoms with Crippen LogP contribution in [0.4, 0.5) is 4.79 Å². The van der Waals surface area contributed by atoms with Gasteiger partial charge in [0.25, 0.3) is 0 Å². The van der Waals surface area contributed by atoms with Crippen molar-refractivity contribution >= 4 is 29.5 Å². The van der Waals surface area contributed by atoms with Gasteiger partial charge in [-0.1, -0.05) is 12.2 Å². The van der Waals surface area contributed by atoms with Crippen molar-refractivity contribution in [1.82, 2.24) is 4.90 Å². The van der Waals surface area contributed by atoms with Crippen molar-refractivity contribution in [1.29, 1.82) is 0 Å². The summed E-state index contributed by atoms with van der Waals surface area (Å²) in [4.78, 5) is 18.7. The zero-order valence-corrected chi connectivity index (χ0v) is 14.4. The van der Waals surface area contributed by atoms with E-state index in [1.807, 2.05) is 32.9 Å². The highest BCUT2D eigenvalue weighted by atomic mass is 32.1. The molecule has 0 bridgehead atoms. The van der Waals surface area contributed by atoms with Crippen LogP contribution in [0.2, 0.25) is 0 Å². The molecule has 0 aromatic heterocycles. The van der Waals surface area contributed by atoms with E-state index in [2.05, 4.69) is 4.99 Å². The van der Waals surface area contributed by atoms with Crippen LogP contribution in [0, 0.1) is 5.92 Å². The predicted molar refractivity (Wildman–Crippen MR) is 92.3 cm³/mol. The van der Waals surface area contributed by atoms with Crippen LogP contribution in [0.5, 0.6) is 0 Å². The maximum absolute atomic E-state index is 12.1. The van der Waals surface area contributed by atoms with E-state index < -0.39 is 11.1 Å². The molecule has 6 heteroatoms. The number of thiocarbonyl (C=S) groups is 1. The van der Waals surface area contributed by atoms with Gasteiger partial charge in [-0.3, -0.25) is 4.99 Å².